The molecule has 2 N–H and O–H groups in total. The van der Waals surface area contributed by atoms with Crippen molar-refractivity contribution in [2.24, 2.45) is 5.92 Å². The summed E-state index contributed by atoms with van der Waals surface area (Å²) in [6.07, 6.45) is 3.71. The van der Waals surface area contributed by atoms with Gasteiger partial charge in [0, 0.05) is 24.4 Å². The summed E-state index contributed by atoms with van der Waals surface area (Å²) in [5.41, 5.74) is 5.91. The first-order chi connectivity index (χ1) is 13.9. The van der Waals surface area contributed by atoms with Crippen molar-refractivity contribution < 1.29 is 22.4 Å². The van der Waals surface area contributed by atoms with E-state index in [0.717, 1.165) is 5.56 Å². The van der Waals surface area contributed by atoms with E-state index in [2.05, 4.69) is 10.9 Å². The van der Waals surface area contributed by atoms with Crippen molar-refractivity contribution in [3.05, 3.63) is 65.0 Å². The van der Waals surface area contributed by atoms with E-state index in [9.17, 15) is 18.0 Å². The first-order valence-electron chi connectivity index (χ1n) is 9.24. The van der Waals surface area contributed by atoms with Gasteiger partial charge in [0.2, 0.25) is 15.9 Å². The zero-order valence-corrected chi connectivity index (χ0v) is 16.8. The molecule has 1 saturated heterocycles. The van der Waals surface area contributed by atoms with Gasteiger partial charge in [-0.1, -0.05) is 30.3 Å². The van der Waals surface area contributed by atoms with Crippen LogP contribution in [0.2, 0.25) is 0 Å². The van der Waals surface area contributed by atoms with Gasteiger partial charge in [-0.25, -0.2) is 8.42 Å². The largest absolute Gasteiger partial charge is 0.469 e. The molecule has 2 amide bonds. The van der Waals surface area contributed by atoms with Crippen LogP contribution in [0.15, 0.2) is 52.5 Å². The number of amides is 2. The lowest BCUT2D eigenvalue weighted by Crippen LogP contribution is -2.48. The molecule has 2 heterocycles. The zero-order valence-electron chi connectivity index (χ0n) is 16.0. The van der Waals surface area contributed by atoms with Gasteiger partial charge in [0.1, 0.15) is 5.76 Å². The third-order valence-corrected chi connectivity index (χ3v) is 6.38. The van der Waals surface area contributed by atoms with Crippen molar-refractivity contribution in [2.45, 2.75) is 19.8 Å². The number of nitrogens with one attached hydrogen (secondary N) is 2. The number of sulfonamides is 1. The lowest BCUT2D eigenvalue weighted by Gasteiger charge is -2.29. The van der Waals surface area contributed by atoms with Crippen LogP contribution in [0, 0.1) is 12.8 Å². The number of carbonyl (C=O) groups is 2. The van der Waals surface area contributed by atoms with E-state index in [1.807, 2.05) is 30.3 Å². The molecule has 154 valence electrons. The van der Waals surface area contributed by atoms with E-state index in [1.54, 1.807) is 13.0 Å². The van der Waals surface area contributed by atoms with Gasteiger partial charge >= 0.3 is 0 Å². The van der Waals surface area contributed by atoms with Crippen LogP contribution in [0.3, 0.4) is 0 Å². The Morgan fingerprint density at radius 1 is 1.10 bits per heavy atom. The number of hydrazine groups is 1. The van der Waals surface area contributed by atoms with Gasteiger partial charge in [0.15, 0.2) is 0 Å². The fraction of sp³-hybridized carbons (Fsp3) is 0.300. The summed E-state index contributed by atoms with van der Waals surface area (Å²) in [5, 5.41) is 1.19. The SMILES string of the molecule is Cc1occc1C(=O)NNC(=O)C1CCN(S(=O)(=O)/C=C/c2ccccc2)CC1. The molecule has 3 rings (SSSR count). The van der Waals surface area contributed by atoms with Crippen molar-refractivity contribution in [3.8, 4) is 0 Å². The molecule has 0 atom stereocenters. The summed E-state index contributed by atoms with van der Waals surface area (Å²) in [5.74, 6) is -0.712. The van der Waals surface area contributed by atoms with E-state index < -0.39 is 15.9 Å². The van der Waals surface area contributed by atoms with Gasteiger partial charge in [0.25, 0.3) is 5.91 Å². The molecule has 29 heavy (non-hydrogen) atoms. The van der Waals surface area contributed by atoms with Gasteiger partial charge in [-0.15, -0.1) is 0 Å². The average Bonchev–Trinajstić information content (AvgIpc) is 3.17. The van der Waals surface area contributed by atoms with Crippen molar-refractivity contribution in [1.82, 2.24) is 15.2 Å². The topological polar surface area (TPSA) is 109 Å². The van der Waals surface area contributed by atoms with E-state index in [0.29, 0.717) is 24.2 Å². The molecule has 8 nitrogen and oxygen atoms in total. The quantitative estimate of drug-likeness (QED) is 0.724. The van der Waals surface area contributed by atoms with Crippen LogP contribution in [0.5, 0.6) is 0 Å². The Balaban J connectivity index is 1.49. The minimum atomic E-state index is -3.55. The summed E-state index contributed by atoms with van der Waals surface area (Å²) in [6, 6.07) is 10.7. The Kier molecular flexibility index (Phi) is 6.50. The van der Waals surface area contributed by atoms with Crippen molar-refractivity contribution in [1.29, 1.82) is 0 Å². The lowest BCUT2D eigenvalue weighted by molar-refractivity contribution is -0.126. The maximum Gasteiger partial charge on any atom is 0.273 e. The maximum atomic E-state index is 12.5. The van der Waals surface area contributed by atoms with Crippen molar-refractivity contribution in [2.75, 3.05) is 13.1 Å². The molecule has 1 aromatic carbocycles. The smallest absolute Gasteiger partial charge is 0.273 e. The highest BCUT2D eigenvalue weighted by Crippen LogP contribution is 2.21. The molecular weight excluding hydrogens is 394 g/mol. The summed E-state index contributed by atoms with van der Waals surface area (Å²) in [4.78, 5) is 24.3. The number of piperidine rings is 1. The first-order valence-corrected chi connectivity index (χ1v) is 10.7. The Labute approximate surface area is 169 Å². The van der Waals surface area contributed by atoms with Crippen molar-refractivity contribution in [3.63, 3.8) is 0 Å². The summed E-state index contributed by atoms with van der Waals surface area (Å²) >= 11 is 0. The number of hydrogen-bond donors (Lipinski definition) is 2. The van der Waals surface area contributed by atoms with Gasteiger partial charge in [0.05, 0.1) is 11.8 Å². The van der Waals surface area contributed by atoms with Gasteiger partial charge in [-0.05, 0) is 37.5 Å². The predicted octanol–water partition coefficient (Wildman–Crippen LogP) is 2.06. The number of benzene rings is 1. The second-order valence-electron chi connectivity index (χ2n) is 6.77. The monoisotopic (exact) mass is 417 g/mol. The Hall–Kier alpha value is -2.91. The van der Waals surface area contributed by atoms with Gasteiger partial charge in [-0.2, -0.15) is 4.31 Å². The van der Waals surface area contributed by atoms with E-state index in [4.69, 9.17) is 4.42 Å². The van der Waals surface area contributed by atoms with Crippen LogP contribution in [-0.4, -0.2) is 37.6 Å². The summed E-state index contributed by atoms with van der Waals surface area (Å²) in [7, 11) is -3.55. The Bertz CT molecular complexity index is 990. The lowest BCUT2D eigenvalue weighted by atomic mass is 9.98. The van der Waals surface area contributed by atoms with Crippen LogP contribution in [0.1, 0.15) is 34.5 Å². The first kappa shape index (κ1) is 20.8. The molecular formula is C20H23N3O5S. The van der Waals surface area contributed by atoms with Crippen LogP contribution >= 0.6 is 0 Å². The molecule has 0 aliphatic carbocycles. The number of aryl methyl sites for hydroxylation is 1. The molecule has 0 radical (unpaired) electrons. The number of carbonyl (C=O) groups excluding carboxylic acids is 2. The second-order valence-corrected chi connectivity index (χ2v) is 8.58. The Morgan fingerprint density at radius 3 is 2.41 bits per heavy atom. The molecule has 9 heteroatoms. The van der Waals surface area contributed by atoms with E-state index in [-0.39, 0.29) is 24.9 Å². The van der Waals surface area contributed by atoms with Gasteiger partial charge in [-0.3, -0.25) is 20.4 Å². The van der Waals surface area contributed by atoms with Crippen LogP contribution in [0.4, 0.5) is 0 Å². The molecule has 2 aromatic rings. The molecule has 1 fully saturated rings. The third kappa shape index (κ3) is 5.33. The minimum Gasteiger partial charge on any atom is -0.469 e. The van der Waals surface area contributed by atoms with E-state index in [1.165, 1.54) is 22.0 Å². The maximum absolute atomic E-state index is 12.5. The minimum absolute atomic E-state index is 0.244. The summed E-state index contributed by atoms with van der Waals surface area (Å²) in [6.45, 7) is 2.14. The highest BCUT2D eigenvalue weighted by Gasteiger charge is 2.30. The molecule has 1 aromatic heterocycles. The molecule has 0 unspecified atom stereocenters. The normalized spacial score (nSPS) is 16.0. The standard InChI is InChI=1S/C20H23N3O5S/c1-15-18(9-13-28-15)20(25)22-21-19(24)17-7-11-23(12-8-17)29(26,27)14-10-16-5-3-2-4-6-16/h2-6,9-10,13-14,17H,7-8,11-12H2,1H3,(H,21,24)(H,22,25)/b14-10+. The highest BCUT2D eigenvalue weighted by atomic mass is 32.2. The molecule has 0 saturated carbocycles. The third-order valence-electron chi connectivity index (χ3n) is 4.82. The Morgan fingerprint density at radius 2 is 1.79 bits per heavy atom. The molecule has 0 spiro atoms. The number of furan rings is 1. The number of nitrogens with zero attached hydrogens (tertiary/aromatic N) is 1. The van der Waals surface area contributed by atoms with Crippen LogP contribution in [-0.2, 0) is 14.8 Å². The highest BCUT2D eigenvalue weighted by molar-refractivity contribution is 7.92. The second kappa shape index (κ2) is 9.06. The number of hydrogen-bond acceptors (Lipinski definition) is 5. The van der Waals surface area contributed by atoms with Gasteiger partial charge < -0.3 is 4.42 Å². The summed E-state index contributed by atoms with van der Waals surface area (Å²) < 4.78 is 31.4. The molecule has 1 aliphatic heterocycles. The fourth-order valence-electron chi connectivity index (χ4n) is 3.10. The predicted molar refractivity (Wildman–Crippen MR) is 108 cm³/mol. The fourth-order valence-corrected chi connectivity index (χ4v) is 4.32. The zero-order chi connectivity index (χ0) is 20.9. The van der Waals surface area contributed by atoms with E-state index >= 15 is 0 Å². The average molecular weight is 417 g/mol. The molecule has 0 bridgehead atoms. The number of rotatable bonds is 5. The van der Waals surface area contributed by atoms with Crippen LogP contribution in [0.25, 0.3) is 6.08 Å². The molecule has 1 aliphatic rings. The van der Waals surface area contributed by atoms with Crippen LogP contribution < -0.4 is 10.9 Å². The van der Waals surface area contributed by atoms with Crippen molar-refractivity contribution >= 4 is 27.9 Å².